The van der Waals surface area contributed by atoms with E-state index in [0.717, 1.165) is 0 Å². The summed E-state index contributed by atoms with van der Waals surface area (Å²) in [6, 6.07) is 6.99. The molecule has 0 radical (unpaired) electrons. The molecule has 0 spiro atoms. The zero-order chi connectivity index (χ0) is 16.1. The van der Waals surface area contributed by atoms with E-state index >= 15 is 0 Å². The number of nitrogens with one attached hydrogen (secondary N) is 1. The lowest BCUT2D eigenvalue weighted by Gasteiger charge is -2.12. The predicted molar refractivity (Wildman–Crippen MR) is 80.9 cm³/mol. The van der Waals surface area contributed by atoms with E-state index in [4.69, 9.17) is 20.9 Å². The van der Waals surface area contributed by atoms with Crippen molar-refractivity contribution in [2.24, 2.45) is 0 Å². The molecule has 0 aliphatic rings. The molecule has 1 aromatic carbocycles. The fourth-order valence-corrected chi connectivity index (χ4v) is 2.17. The van der Waals surface area contributed by atoms with Crippen molar-refractivity contribution >= 4 is 17.5 Å². The molecule has 2 rings (SSSR count). The Hall–Kier alpha value is -2.05. The summed E-state index contributed by atoms with van der Waals surface area (Å²) < 4.78 is 9.84. The number of halogens is 1. The van der Waals surface area contributed by atoms with Crippen LogP contribution in [0.15, 0.2) is 28.8 Å². The van der Waals surface area contributed by atoms with Crippen LogP contribution in [0.25, 0.3) is 0 Å². The standard InChI is InChI=1S/C15H17ClN2O4/c1-9-12(15(16)22-18-9)7-14(20)17-8-13(19)10-3-5-11(21-2)6-4-10/h3-6,13,19H,7-8H2,1-2H3,(H,17,20). The van der Waals surface area contributed by atoms with Gasteiger partial charge in [0.2, 0.25) is 11.1 Å². The molecule has 0 aliphatic heterocycles. The van der Waals surface area contributed by atoms with Crippen LogP contribution in [0.5, 0.6) is 5.75 Å². The number of carbonyl (C=O) groups is 1. The monoisotopic (exact) mass is 324 g/mol. The summed E-state index contributed by atoms with van der Waals surface area (Å²) in [6.07, 6.45) is -0.738. The third-order valence-electron chi connectivity index (χ3n) is 3.27. The van der Waals surface area contributed by atoms with Gasteiger partial charge in [-0.2, -0.15) is 0 Å². The number of aromatic nitrogens is 1. The van der Waals surface area contributed by atoms with Crippen LogP contribution in [0.4, 0.5) is 0 Å². The van der Waals surface area contributed by atoms with Gasteiger partial charge in [0.05, 0.1) is 25.3 Å². The van der Waals surface area contributed by atoms with Gasteiger partial charge in [0.25, 0.3) is 0 Å². The van der Waals surface area contributed by atoms with E-state index in [1.54, 1.807) is 38.3 Å². The van der Waals surface area contributed by atoms with Gasteiger partial charge < -0.3 is 19.7 Å². The maximum atomic E-state index is 11.9. The molecule has 0 bridgehead atoms. The molecule has 1 unspecified atom stereocenters. The highest BCUT2D eigenvalue weighted by Gasteiger charge is 2.16. The SMILES string of the molecule is COc1ccc(C(O)CNC(=O)Cc2c(C)noc2Cl)cc1. The number of carbonyl (C=O) groups excluding carboxylic acids is 1. The first-order valence-electron chi connectivity index (χ1n) is 6.70. The van der Waals surface area contributed by atoms with E-state index in [1.807, 2.05) is 0 Å². The summed E-state index contributed by atoms with van der Waals surface area (Å²) in [5.41, 5.74) is 1.83. The van der Waals surface area contributed by atoms with E-state index in [2.05, 4.69) is 10.5 Å². The zero-order valence-corrected chi connectivity index (χ0v) is 13.1. The predicted octanol–water partition coefficient (Wildman–Crippen LogP) is 2.04. The van der Waals surface area contributed by atoms with Crippen molar-refractivity contribution < 1.29 is 19.2 Å². The molecule has 118 valence electrons. The van der Waals surface area contributed by atoms with Gasteiger partial charge in [-0.1, -0.05) is 17.3 Å². The van der Waals surface area contributed by atoms with Crippen molar-refractivity contribution in [3.8, 4) is 5.75 Å². The molecule has 1 atom stereocenters. The molecule has 0 saturated heterocycles. The van der Waals surface area contributed by atoms with Crippen molar-refractivity contribution in [1.29, 1.82) is 0 Å². The highest BCUT2D eigenvalue weighted by atomic mass is 35.5. The second-order valence-corrected chi connectivity index (χ2v) is 5.13. The zero-order valence-electron chi connectivity index (χ0n) is 12.3. The van der Waals surface area contributed by atoms with E-state index in [0.29, 0.717) is 22.6 Å². The van der Waals surface area contributed by atoms with Crippen LogP contribution in [0.2, 0.25) is 5.22 Å². The molecule has 2 aromatic rings. The lowest BCUT2D eigenvalue weighted by molar-refractivity contribution is -0.120. The van der Waals surface area contributed by atoms with E-state index < -0.39 is 6.10 Å². The second kappa shape index (κ2) is 7.29. The van der Waals surface area contributed by atoms with Crippen LogP contribution in [0, 0.1) is 6.92 Å². The van der Waals surface area contributed by atoms with Crippen LogP contribution in [-0.4, -0.2) is 29.8 Å². The van der Waals surface area contributed by atoms with Crippen molar-refractivity contribution in [1.82, 2.24) is 10.5 Å². The summed E-state index contributed by atoms with van der Waals surface area (Å²) in [5, 5.41) is 16.5. The smallest absolute Gasteiger partial charge is 0.229 e. The Morgan fingerprint density at radius 3 is 2.68 bits per heavy atom. The number of nitrogens with zero attached hydrogens (tertiary/aromatic N) is 1. The molecule has 2 N–H and O–H groups in total. The number of aliphatic hydroxyl groups is 1. The van der Waals surface area contributed by atoms with Crippen molar-refractivity contribution in [2.75, 3.05) is 13.7 Å². The van der Waals surface area contributed by atoms with Crippen molar-refractivity contribution in [3.05, 3.63) is 46.3 Å². The van der Waals surface area contributed by atoms with Crippen LogP contribution in [0.1, 0.15) is 22.9 Å². The summed E-state index contributed by atoms with van der Waals surface area (Å²) in [4.78, 5) is 11.9. The Bertz CT molecular complexity index is 620. The average molecular weight is 325 g/mol. The first-order valence-corrected chi connectivity index (χ1v) is 7.08. The van der Waals surface area contributed by atoms with Gasteiger partial charge in [-0.3, -0.25) is 4.79 Å². The lowest BCUT2D eigenvalue weighted by Crippen LogP contribution is -2.29. The van der Waals surface area contributed by atoms with Gasteiger partial charge in [0.15, 0.2) is 0 Å². The van der Waals surface area contributed by atoms with Gasteiger partial charge >= 0.3 is 0 Å². The number of amides is 1. The Kier molecular flexibility index (Phi) is 5.41. The molecule has 1 heterocycles. The van der Waals surface area contributed by atoms with Crippen molar-refractivity contribution in [3.63, 3.8) is 0 Å². The molecule has 22 heavy (non-hydrogen) atoms. The first kappa shape index (κ1) is 16.3. The van der Waals surface area contributed by atoms with Crippen LogP contribution < -0.4 is 10.1 Å². The molecular weight excluding hydrogens is 308 g/mol. The number of ether oxygens (including phenoxy) is 1. The Morgan fingerprint density at radius 2 is 2.14 bits per heavy atom. The average Bonchev–Trinajstić information content (AvgIpc) is 2.84. The minimum absolute atomic E-state index is 0.0590. The van der Waals surface area contributed by atoms with Gasteiger partial charge in [-0.15, -0.1) is 0 Å². The van der Waals surface area contributed by atoms with E-state index in [1.165, 1.54) is 0 Å². The lowest BCUT2D eigenvalue weighted by atomic mass is 10.1. The minimum Gasteiger partial charge on any atom is -0.497 e. The largest absolute Gasteiger partial charge is 0.497 e. The number of rotatable bonds is 6. The molecule has 0 saturated carbocycles. The molecule has 0 aliphatic carbocycles. The Labute approximate surface area is 133 Å². The quantitative estimate of drug-likeness (QED) is 0.849. The second-order valence-electron chi connectivity index (χ2n) is 4.79. The third kappa shape index (κ3) is 3.99. The maximum absolute atomic E-state index is 11.9. The topological polar surface area (TPSA) is 84.6 Å². The maximum Gasteiger partial charge on any atom is 0.229 e. The van der Waals surface area contributed by atoms with E-state index in [-0.39, 0.29) is 24.1 Å². The summed E-state index contributed by atoms with van der Waals surface area (Å²) in [6.45, 7) is 1.82. The van der Waals surface area contributed by atoms with Gasteiger partial charge in [-0.05, 0) is 36.2 Å². The molecule has 1 aromatic heterocycles. The fraction of sp³-hybridized carbons (Fsp3) is 0.333. The number of aliphatic hydroxyl groups excluding tert-OH is 1. The van der Waals surface area contributed by atoms with Gasteiger partial charge in [-0.25, -0.2) is 0 Å². The third-order valence-corrected chi connectivity index (χ3v) is 3.56. The molecule has 1 amide bonds. The minimum atomic E-state index is -0.797. The summed E-state index contributed by atoms with van der Waals surface area (Å²) in [5.74, 6) is 0.443. The molecule has 7 heteroatoms. The first-order chi connectivity index (χ1) is 10.5. The van der Waals surface area contributed by atoms with Gasteiger partial charge in [0, 0.05) is 12.1 Å². The molecule has 0 fully saturated rings. The Morgan fingerprint density at radius 1 is 1.45 bits per heavy atom. The fourth-order valence-electron chi connectivity index (χ4n) is 1.94. The van der Waals surface area contributed by atoms with E-state index in [9.17, 15) is 9.90 Å². The number of aryl methyl sites for hydroxylation is 1. The molecule has 6 nitrogen and oxygen atoms in total. The molecular formula is C15H17ClN2O4. The van der Waals surface area contributed by atoms with Crippen LogP contribution in [-0.2, 0) is 11.2 Å². The Balaban J connectivity index is 1.87. The van der Waals surface area contributed by atoms with Crippen LogP contribution in [0.3, 0.4) is 0 Å². The van der Waals surface area contributed by atoms with Gasteiger partial charge in [0.1, 0.15) is 5.75 Å². The van der Waals surface area contributed by atoms with Crippen LogP contribution >= 0.6 is 11.6 Å². The number of hydrogen-bond acceptors (Lipinski definition) is 5. The number of methoxy groups -OCH3 is 1. The number of benzene rings is 1. The van der Waals surface area contributed by atoms with Crippen molar-refractivity contribution in [2.45, 2.75) is 19.4 Å². The summed E-state index contributed by atoms with van der Waals surface area (Å²) >= 11 is 5.81. The number of hydrogen-bond donors (Lipinski definition) is 2. The summed E-state index contributed by atoms with van der Waals surface area (Å²) in [7, 11) is 1.57. The highest BCUT2D eigenvalue weighted by molar-refractivity contribution is 6.29. The highest BCUT2D eigenvalue weighted by Crippen LogP contribution is 2.20. The normalized spacial score (nSPS) is 12.0.